The van der Waals surface area contributed by atoms with Crippen molar-refractivity contribution in [2.45, 2.75) is 27.7 Å². The van der Waals surface area contributed by atoms with Gasteiger partial charge in [0, 0.05) is 87.2 Å². The van der Waals surface area contributed by atoms with Crippen molar-refractivity contribution in [3.8, 4) is 0 Å². The van der Waals surface area contributed by atoms with E-state index in [1.54, 1.807) is 0 Å². The molecule has 0 saturated heterocycles. The number of nitrogens with zero attached hydrogens (tertiary/aromatic N) is 2. The van der Waals surface area contributed by atoms with Gasteiger partial charge in [-0.1, -0.05) is 0 Å². The van der Waals surface area contributed by atoms with Crippen LogP contribution in [-0.2, 0) is 58.0 Å². The summed E-state index contributed by atoms with van der Waals surface area (Å²) in [5.74, 6) is -2.90. The maximum atomic E-state index is 10.8. The summed E-state index contributed by atoms with van der Waals surface area (Å²) in [6, 6.07) is 0. The fourth-order valence-corrected chi connectivity index (χ4v) is 0.957. The molecular formula is C10H16N2NaO8Zn. The quantitative estimate of drug-likeness (QED) is 0.407. The first-order valence-electron chi connectivity index (χ1n) is 5.50. The molecule has 0 aliphatic carbocycles. The normalized spacial score (nSPS) is 9.18. The summed E-state index contributed by atoms with van der Waals surface area (Å²) in [4.78, 5) is 61.4. The minimum atomic E-state index is -0.724. The first kappa shape index (κ1) is 26.3. The van der Waals surface area contributed by atoms with Crippen LogP contribution in [0.5, 0.6) is 0 Å². The smallest absolute Gasteiger partial charge is 0.326 e. The molecule has 0 N–H and O–H groups in total. The van der Waals surface area contributed by atoms with Crippen molar-refractivity contribution in [2.24, 2.45) is 0 Å². The van der Waals surface area contributed by atoms with Gasteiger partial charge in [-0.2, -0.15) is 0 Å². The van der Waals surface area contributed by atoms with Crippen molar-refractivity contribution in [3.63, 3.8) is 0 Å². The van der Waals surface area contributed by atoms with E-state index in [1.165, 1.54) is 0 Å². The van der Waals surface area contributed by atoms with Crippen molar-refractivity contribution in [2.75, 3.05) is 13.1 Å². The summed E-state index contributed by atoms with van der Waals surface area (Å²) in [6.45, 7) is 3.97. The van der Waals surface area contributed by atoms with E-state index >= 15 is 0 Å². The Morgan fingerprint density at radius 2 is 0.818 bits per heavy atom. The third kappa shape index (κ3) is 15.8. The van der Waals surface area contributed by atoms with E-state index in [2.05, 4.69) is 19.4 Å². The average Bonchev–Trinajstić information content (AvgIpc) is 2.22. The summed E-state index contributed by atoms with van der Waals surface area (Å²) in [5.41, 5.74) is 0. The SMILES string of the molecule is CC(=O)ON(CCN(OC(C)=O)OC(C)=O)OC(C)=O.[Na].[Zn]. The van der Waals surface area contributed by atoms with Crippen LogP contribution in [0.2, 0.25) is 0 Å². The van der Waals surface area contributed by atoms with Crippen molar-refractivity contribution < 1.29 is 58.0 Å². The van der Waals surface area contributed by atoms with E-state index in [-0.39, 0.29) is 62.1 Å². The Balaban J connectivity index is -0.00000180. The average molecular weight is 381 g/mol. The molecule has 0 aromatic heterocycles. The Morgan fingerprint density at radius 3 is 0.955 bits per heavy atom. The van der Waals surface area contributed by atoms with Crippen LogP contribution in [0.15, 0.2) is 0 Å². The molecule has 12 heteroatoms. The predicted octanol–water partition coefficient (Wildman–Crippen LogP) is -0.880. The van der Waals surface area contributed by atoms with E-state index in [9.17, 15) is 19.2 Å². The molecule has 0 aliphatic rings. The summed E-state index contributed by atoms with van der Waals surface area (Å²) in [5, 5.41) is 1.15. The molecule has 0 heterocycles. The van der Waals surface area contributed by atoms with Gasteiger partial charge < -0.3 is 19.4 Å². The second kappa shape index (κ2) is 14.0. The molecule has 22 heavy (non-hydrogen) atoms. The summed E-state index contributed by atoms with van der Waals surface area (Å²) in [6.07, 6.45) is 0. The fraction of sp³-hybridized carbons (Fsp3) is 0.600. The largest absolute Gasteiger partial charge is 0.333 e. The molecule has 0 atom stereocenters. The van der Waals surface area contributed by atoms with Crippen LogP contribution in [0.25, 0.3) is 0 Å². The van der Waals surface area contributed by atoms with Crippen LogP contribution in [0.3, 0.4) is 0 Å². The molecule has 0 aromatic carbocycles. The van der Waals surface area contributed by atoms with Crippen molar-refractivity contribution >= 4 is 53.4 Å². The number of hydrogen-bond acceptors (Lipinski definition) is 10. The van der Waals surface area contributed by atoms with Crippen molar-refractivity contribution in [1.82, 2.24) is 10.5 Å². The topological polar surface area (TPSA) is 112 Å². The number of carbonyl (C=O) groups is 4. The number of hydroxylamine groups is 4. The first-order valence-corrected chi connectivity index (χ1v) is 5.50. The van der Waals surface area contributed by atoms with Crippen molar-refractivity contribution in [3.05, 3.63) is 0 Å². The maximum Gasteiger partial charge on any atom is 0.326 e. The third-order valence-corrected chi connectivity index (χ3v) is 1.39. The molecule has 0 saturated carbocycles. The molecule has 0 unspecified atom stereocenters. The van der Waals surface area contributed by atoms with Crippen LogP contribution in [0.4, 0.5) is 0 Å². The van der Waals surface area contributed by atoms with Crippen LogP contribution in [-0.4, -0.2) is 77.0 Å². The first-order chi connectivity index (χ1) is 9.20. The summed E-state index contributed by atoms with van der Waals surface area (Å²) in [7, 11) is 0. The van der Waals surface area contributed by atoms with Gasteiger partial charge in [0.1, 0.15) is 0 Å². The van der Waals surface area contributed by atoms with Crippen LogP contribution in [0, 0.1) is 0 Å². The predicted molar refractivity (Wildman–Crippen MR) is 66.2 cm³/mol. The fourth-order valence-electron chi connectivity index (χ4n) is 0.957. The molecule has 0 spiro atoms. The molecule has 117 valence electrons. The zero-order chi connectivity index (χ0) is 15.7. The van der Waals surface area contributed by atoms with Crippen LogP contribution in [0.1, 0.15) is 27.7 Å². The van der Waals surface area contributed by atoms with Gasteiger partial charge >= 0.3 is 23.9 Å². The van der Waals surface area contributed by atoms with Gasteiger partial charge in [0.25, 0.3) is 0 Å². The second-order valence-electron chi connectivity index (χ2n) is 3.44. The van der Waals surface area contributed by atoms with Gasteiger partial charge in [-0.25, -0.2) is 0 Å². The third-order valence-electron chi connectivity index (χ3n) is 1.39. The molecule has 0 bridgehead atoms. The van der Waals surface area contributed by atoms with Gasteiger partial charge in [0.2, 0.25) is 0 Å². The molecule has 0 aliphatic heterocycles. The molecule has 0 aromatic rings. The standard InChI is InChI=1S/C10H16N2O8.Na.Zn/c1-7(13)17-11(18-8(2)14)5-6-12(19-9(3)15)20-10(4)16;;/h5-6H2,1-4H3;;. The Morgan fingerprint density at radius 1 is 0.636 bits per heavy atom. The van der Waals surface area contributed by atoms with Gasteiger partial charge in [0.15, 0.2) is 0 Å². The summed E-state index contributed by atoms with van der Waals surface area (Å²) < 4.78 is 0. The minimum Gasteiger partial charge on any atom is -0.333 e. The maximum absolute atomic E-state index is 10.8. The van der Waals surface area contributed by atoms with E-state index in [0.717, 1.165) is 27.7 Å². The Kier molecular flexibility index (Phi) is 16.8. The van der Waals surface area contributed by atoms with Gasteiger partial charge in [0.05, 0.1) is 13.1 Å². The monoisotopic (exact) mass is 379 g/mol. The van der Waals surface area contributed by atoms with E-state index in [4.69, 9.17) is 0 Å². The Labute approximate surface area is 162 Å². The zero-order valence-corrected chi connectivity index (χ0v) is 18.2. The molecule has 0 rings (SSSR count). The number of carbonyl (C=O) groups excluding carboxylic acids is 4. The molecule has 0 fully saturated rings. The van der Waals surface area contributed by atoms with E-state index < -0.39 is 23.9 Å². The van der Waals surface area contributed by atoms with Crippen molar-refractivity contribution in [1.29, 1.82) is 0 Å². The Hall–Kier alpha value is -0.577. The molecule has 1 radical (unpaired) electrons. The zero-order valence-electron chi connectivity index (χ0n) is 13.3. The van der Waals surface area contributed by atoms with E-state index in [0.29, 0.717) is 10.5 Å². The summed E-state index contributed by atoms with van der Waals surface area (Å²) >= 11 is 0. The number of hydrogen-bond donors (Lipinski definition) is 0. The van der Waals surface area contributed by atoms with Gasteiger partial charge in [-0.3, -0.25) is 19.2 Å². The van der Waals surface area contributed by atoms with E-state index in [1.807, 2.05) is 0 Å². The van der Waals surface area contributed by atoms with Crippen LogP contribution >= 0.6 is 0 Å². The van der Waals surface area contributed by atoms with Gasteiger partial charge in [-0.05, 0) is 0 Å². The minimum absolute atomic E-state index is 0. The van der Waals surface area contributed by atoms with Crippen LogP contribution < -0.4 is 0 Å². The molecule has 0 amide bonds. The Bertz CT molecular complexity index is 327. The number of rotatable bonds is 7. The van der Waals surface area contributed by atoms with Gasteiger partial charge in [-0.15, -0.1) is 0 Å². The molecule has 10 nitrogen and oxygen atoms in total. The second-order valence-corrected chi connectivity index (χ2v) is 3.44. The molecular weight excluding hydrogens is 364 g/mol.